The Hall–Kier alpha value is -1.39. The minimum Gasteiger partial charge on any atom is -0.352 e. The zero-order valence-corrected chi connectivity index (χ0v) is 13.7. The maximum atomic E-state index is 11.6. The molecule has 0 aromatic heterocycles. The first-order chi connectivity index (χ1) is 10.7. The number of nitrogens with zero attached hydrogens (tertiary/aromatic N) is 1. The molecule has 22 heavy (non-hydrogen) atoms. The van der Waals surface area contributed by atoms with Gasteiger partial charge in [-0.2, -0.15) is 0 Å². The highest BCUT2D eigenvalue weighted by atomic mass is 16.1. The standard InChI is InChI=1S/C18H29N3O/c1-15-4-3-11-21(13-15)14-17-8-6-16(7-9-17)12-20-18(22)5-2-10-19/h6-9,15H,2-5,10-14,19H2,1H3,(H,20,22). The van der Waals surface area contributed by atoms with Crippen molar-refractivity contribution in [1.29, 1.82) is 0 Å². The second-order valence-electron chi connectivity index (χ2n) is 6.47. The van der Waals surface area contributed by atoms with Crippen molar-refractivity contribution in [3.8, 4) is 0 Å². The Morgan fingerprint density at radius 3 is 2.73 bits per heavy atom. The van der Waals surface area contributed by atoms with Gasteiger partial charge in [-0.25, -0.2) is 0 Å². The lowest BCUT2D eigenvalue weighted by molar-refractivity contribution is -0.121. The highest BCUT2D eigenvalue weighted by Gasteiger charge is 2.16. The molecule has 1 aromatic carbocycles. The summed E-state index contributed by atoms with van der Waals surface area (Å²) < 4.78 is 0. The summed E-state index contributed by atoms with van der Waals surface area (Å²) in [4.78, 5) is 14.1. The van der Waals surface area contributed by atoms with E-state index in [0.717, 1.165) is 24.4 Å². The third-order valence-corrected chi connectivity index (χ3v) is 4.27. The van der Waals surface area contributed by atoms with Gasteiger partial charge in [-0.1, -0.05) is 31.2 Å². The van der Waals surface area contributed by atoms with E-state index in [2.05, 4.69) is 41.4 Å². The molecule has 0 bridgehead atoms. The first-order valence-corrected chi connectivity index (χ1v) is 8.44. The van der Waals surface area contributed by atoms with Gasteiger partial charge in [-0.15, -0.1) is 0 Å². The summed E-state index contributed by atoms with van der Waals surface area (Å²) in [5.41, 5.74) is 7.91. The molecule has 1 atom stereocenters. The fraction of sp³-hybridized carbons (Fsp3) is 0.611. The van der Waals surface area contributed by atoms with Gasteiger partial charge in [0.05, 0.1) is 0 Å². The maximum Gasteiger partial charge on any atom is 0.220 e. The molecule has 0 saturated carbocycles. The fourth-order valence-corrected chi connectivity index (χ4v) is 3.00. The molecular formula is C18H29N3O. The van der Waals surface area contributed by atoms with Crippen LogP contribution in [0.5, 0.6) is 0 Å². The van der Waals surface area contributed by atoms with Crippen LogP contribution in [0, 0.1) is 5.92 Å². The number of nitrogens with two attached hydrogens (primary N) is 1. The topological polar surface area (TPSA) is 58.4 Å². The van der Waals surface area contributed by atoms with Gasteiger partial charge < -0.3 is 11.1 Å². The van der Waals surface area contributed by atoms with E-state index < -0.39 is 0 Å². The van der Waals surface area contributed by atoms with Gasteiger partial charge in [0.1, 0.15) is 0 Å². The number of likely N-dealkylation sites (tertiary alicyclic amines) is 1. The summed E-state index contributed by atoms with van der Waals surface area (Å²) in [5, 5.41) is 2.94. The molecule has 1 aliphatic rings. The van der Waals surface area contributed by atoms with Crippen molar-refractivity contribution in [3.63, 3.8) is 0 Å². The number of amides is 1. The molecule has 1 amide bonds. The van der Waals surface area contributed by atoms with Crippen LogP contribution in [0.3, 0.4) is 0 Å². The largest absolute Gasteiger partial charge is 0.352 e. The molecule has 0 spiro atoms. The van der Waals surface area contributed by atoms with E-state index in [1.54, 1.807) is 0 Å². The highest BCUT2D eigenvalue weighted by Crippen LogP contribution is 2.18. The van der Waals surface area contributed by atoms with Crippen LogP contribution in [-0.4, -0.2) is 30.4 Å². The summed E-state index contributed by atoms with van der Waals surface area (Å²) in [7, 11) is 0. The molecule has 1 unspecified atom stereocenters. The predicted octanol–water partition coefficient (Wildman–Crippen LogP) is 2.27. The lowest BCUT2D eigenvalue weighted by Crippen LogP contribution is -2.33. The van der Waals surface area contributed by atoms with Gasteiger partial charge in [-0.3, -0.25) is 9.69 Å². The van der Waals surface area contributed by atoms with Crippen molar-refractivity contribution in [2.45, 2.75) is 45.7 Å². The normalized spacial score (nSPS) is 19.1. The zero-order valence-electron chi connectivity index (χ0n) is 13.7. The molecule has 1 saturated heterocycles. The molecule has 1 fully saturated rings. The van der Waals surface area contributed by atoms with Crippen LogP contribution in [0.15, 0.2) is 24.3 Å². The van der Waals surface area contributed by atoms with E-state index in [-0.39, 0.29) is 5.91 Å². The average molecular weight is 303 g/mol. The molecule has 3 N–H and O–H groups in total. The molecule has 0 aliphatic carbocycles. The minimum atomic E-state index is 0.0804. The highest BCUT2D eigenvalue weighted by molar-refractivity contribution is 5.75. The van der Waals surface area contributed by atoms with Crippen molar-refractivity contribution in [1.82, 2.24) is 10.2 Å². The van der Waals surface area contributed by atoms with Gasteiger partial charge in [0.15, 0.2) is 0 Å². The molecule has 4 heteroatoms. The minimum absolute atomic E-state index is 0.0804. The second kappa shape index (κ2) is 8.91. The summed E-state index contributed by atoms with van der Waals surface area (Å²) in [6.07, 6.45) is 3.94. The smallest absolute Gasteiger partial charge is 0.220 e. The molecule has 122 valence electrons. The molecule has 1 aliphatic heterocycles. The SMILES string of the molecule is CC1CCCN(Cc2ccc(CNC(=O)CCCN)cc2)C1. The Bertz CT molecular complexity index is 458. The first kappa shape index (κ1) is 17.0. The van der Waals surface area contributed by atoms with Gasteiger partial charge in [0.25, 0.3) is 0 Å². The van der Waals surface area contributed by atoms with E-state index >= 15 is 0 Å². The molecular weight excluding hydrogens is 274 g/mol. The lowest BCUT2D eigenvalue weighted by atomic mass is 9.99. The maximum absolute atomic E-state index is 11.6. The molecule has 2 rings (SSSR count). The number of piperidine rings is 1. The molecule has 1 heterocycles. The van der Waals surface area contributed by atoms with E-state index in [0.29, 0.717) is 19.5 Å². The van der Waals surface area contributed by atoms with Gasteiger partial charge in [0, 0.05) is 26.1 Å². The number of hydrogen-bond acceptors (Lipinski definition) is 3. The van der Waals surface area contributed by atoms with Crippen LogP contribution >= 0.6 is 0 Å². The van der Waals surface area contributed by atoms with E-state index in [1.165, 1.54) is 31.5 Å². The monoisotopic (exact) mass is 303 g/mol. The van der Waals surface area contributed by atoms with Crippen LogP contribution in [0.25, 0.3) is 0 Å². The third kappa shape index (κ3) is 5.78. The van der Waals surface area contributed by atoms with Gasteiger partial charge in [-0.05, 0) is 49.4 Å². The van der Waals surface area contributed by atoms with Crippen LogP contribution in [0.2, 0.25) is 0 Å². The number of hydrogen-bond donors (Lipinski definition) is 2. The van der Waals surface area contributed by atoms with Crippen LogP contribution in [0.1, 0.15) is 43.7 Å². The van der Waals surface area contributed by atoms with E-state index in [4.69, 9.17) is 5.73 Å². The predicted molar refractivity (Wildman–Crippen MR) is 90.3 cm³/mol. The Kier molecular flexibility index (Phi) is 6.87. The van der Waals surface area contributed by atoms with Crippen molar-refractivity contribution in [3.05, 3.63) is 35.4 Å². The van der Waals surface area contributed by atoms with Crippen molar-refractivity contribution in [2.24, 2.45) is 11.7 Å². The Labute approximate surface area is 134 Å². The Morgan fingerprint density at radius 2 is 2.05 bits per heavy atom. The summed E-state index contributed by atoms with van der Waals surface area (Å²) in [6, 6.07) is 8.60. The summed E-state index contributed by atoms with van der Waals surface area (Å²) >= 11 is 0. The number of carbonyl (C=O) groups excluding carboxylic acids is 1. The number of rotatable bonds is 7. The third-order valence-electron chi connectivity index (χ3n) is 4.27. The van der Waals surface area contributed by atoms with E-state index in [9.17, 15) is 4.79 Å². The van der Waals surface area contributed by atoms with Crippen LogP contribution in [-0.2, 0) is 17.9 Å². The second-order valence-corrected chi connectivity index (χ2v) is 6.47. The Balaban J connectivity index is 1.76. The number of nitrogens with one attached hydrogen (secondary N) is 1. The molecule has 1 aromatic rings. The number of benzene rings is 1. The zero-order chi connectivity index (χ0) is 15.8. The summed E-state index contributed by atoms with van der Waals surface area (Å²) in [5.74, 6) is 0.897. The van der Waals surface area contributed by atoms with Crippen LogP contribution < -0.4 is 11.1 Å². The van der Waals surface area contributed by atoms with E-state index in [1.807, 2.05) is 0 Å². The fourth-order valence-electron chi connectivity index (χ4n) is 3.00. The van der Waals surface area contributed by atoms with Crippen molar-refractivity contribution in [2.75, 3.05) is 19.6 Å². The Morgan fingerprint density at radius 1 is 1.32 bits per heavy atom. The lowest BCUT2D eigenvalue weighted by Gasteiger charge is -2.30. The van der Waals surface area contributed by atoms with Crippen molar-refractivity contribution < 1.29 is 4.79 Å². The summed E-state index contributed by atoms with van der Waals surface area (Å²) in [6.45, 7) is 6.96. The quantitative estimate of drug-likeness (QED) is 0.812. The van der Waals surface area contributed by atoms with Gasteiger partial charge in [0.2, 0.25) is 5.91 Å². The first-order valence-electron chi connectivity index (χ1n) is 8.44. The molecule has 0 radical (unpaired) electrons. The number of carbonyl (C=O) groups is 1. The van der Waals surface area contributed by atoms with Gasteiger partial charge >= 0.3 is 0 Å². The van der Waals surface area contributed by atoms with Crippen LogP contribution in [0.4, 0.5) is 0 Å². The molecule has 4 nitrogen and oxygen atoms in total. The van der Waals surface area contributed by atoms with Crippen molar-refractivity contribution >= 4 is 5.91 Å². The average Bonchev–Trinajstić information content (AvgIpc) is 2.52.